The first kappa shape index (κ1) is 19.9. The molecular weight excluding hydrogens is 248 g/mol. The largest absolute Gasteiger partial charge is 0.395 e. The van der Waals surface area contributed by atoms with Gasteiger partial charge < -0.3 is 10.8 Å². The Bertz CT molecular complexity index is 217. The Hall–Kier alpha value is -0.120. The fraction of sp³-hybridized carbons (Fsp3) is 1.00. The molecule has 0 fully saturated rings. The lowest BCUT2D eigenvalue weighted by molar-refractivity contribution is 0.0894. The summed E-state index contributed by atoms with van der Waals surface area (Å²) in [5.41, 5.74) is 6.34. The van der Waals surface area contributed by atoms with Crippen molar-refractivity contribution in [2.24, 2.45) is 23.5 Å². The smallest absolute Gasteiger partial charge is 0.0601 e. The van der Waals surface area contributed by atoms with Crippen LogP contribution in [0, 0.1) is 17.8 Å². The molecule has 0 saturated carbocycles. The maximum atomic E-state index is 9.79. The minimum absolute atomic E-state index is 0.0688. The third kappa shape index (κ3) is 8.93. The van der Waals surface area contributed by atoms with E-state index in [1.807, 2.05) is 0 Å². The van der Waals surface area contributed by atoms with Crippen molar-refractivity contribution in [1.82, 2.24) is 4.90 Å². The summed E-state index contributed by atoms with van der Waals surface area (Å²) in [5.74, 6) is 1.96. The van der Waals surface area contributed by atoms with Gasteiger partial charge >= 0.3 is 0 Å². The van der Waals surface area contributed by atoms with E-state index in [4.69, 9.17) is 5.73 Å². The second-order valence-corrected chi connectivity index (χ2v) is 7.44. The van der Waals surface area contributed by atoms with Gasteiger partial charge in [0.25, 0.3) is 0 Å². The Balaban J connectivity index is 4.64. The van der Waals surface area contributed by atoms with E-state index >= 15 is 0 Å². The quantitative estimate of drug-likeness (QED) is 0.613. The molecule has 122 valence electrons. The number of nitrogens with two attached hydrogens (primary N) is 1. The van der Waals surface area contributed by atoms with Crippen molar-refractivity contribution in [3.05, 3.63) is 0 Å². The van der Waals surface area contributed by atoms with E-state index in [1.54, 1.807) is 0 Å². The standard InChI is InChI=1S/C17H38N2O/c1-13(2)7-9-19(10-8-14(3)4)17(12-20)16(18)11-15(5)6/h13-17,20H,7-12,18H2,1-6H3. The molecule has 0 saturated heterocycles. The molecule has 0 aliphatic carbocycles. The molecule has 3 nitrogen and oxygen atoms in total. The summed E-state index contributed by atoms with van der Waals surface area (Å²) in [4.78, 5) is 2.42. The maximum Gasteiger partial charge on any atom is 0.0601 e. The van der Waals surface area contributed by atoms with Crippen LogP contribution in [0.2, 0.25) is 0 Å². The Morgan fingerprint density at radius 2 is 1.30 bits per heavy atom. The third-order valence-corrected chi connectivity index (χ3v) is 3.88. The zero-order valence-electron chi connectivity index (χ0n) is 14.6. The van der Waals surface area contributed by atoms with Gasteiger partial charge in [-0.2, -0.15) is 0 Å². The van der Waals surface area contributed by atoms with Gasteiger partial charge in [-0.3, -0.25) is 4.90 Å². The van der Waals surface area contributed by atoms with Gasteiger partial charge in [0.2, 0.25) is 0 Å². The SMILES string of the molecule is CC(C)CCN(CCC(C)C)C(CO)C(N)CC(C)C. The first-order chi connectivity index (χ1) is 9.27. The van der Waals surface area contributed by atoms with Gasteiger partial charge in [-0.1, -0.05) is 41.5 Å². The zero-order valence-corrected chi connectivity index (χ0v) is 14.6. The predicted molar refractivity (Wildman–Crippen MR) is 88.8 cm³/mol. The molecule has 2 atom stereocenters. The highest BCUT2D eigenvalue weighted by atomic mass is 16.3. The summed E-state index contributed by atoms with van der Waals surface area (Å²) in [6.07, 6.45) is 3.32. The van der Waals surface area contributed by atoms with Crippen LogP contribution in [0.4, 0.5) is 0 Å². The van der Waals surface area contributed by atoms with Crippen LogP contribution in [0.1, 0.15) is 60.8 Å². The van der Waals surface area contributed by atoms with Gasteiger partial charge in [0.1, 0.15) is 0 Å². The highest BCUT2D eigenvalue weighted by Crippen LogP contribution is 2.15. The fourth-order valence-electron chi connectivity index (χ4n) is 2.51. The van der Waals surface area contributed by atoms with Gasteiger partial charge in [-0.25, -0.2) is 0 Å². The Labute approximate surface area is 126 Å². The van der Waals surface area contributed by atoms with Crippen LogP contribution in [0.15, 0.2) is 0 Å². The molecular formula is C17H38N2O. The number of rotatable bonds is 11. The molecule has 0 bridgehead atoms. The molecule has 0 aromatic rings. The summed E-state index contributed by atoms with van der Waals surface area (Å²) in [5, 5.41) is 9.79. The van der Waals surface area contributed by atoms with E-state index in [9.17, 15) is 5.11 Å². The highest BCUT2D eigenvalue weighted by molar-refractivity contribution is 4.83. The average molecular weight is 287 g/mol. The van der Waals surface area contributed by atoms with Gasteiger partial charge in [0.15, 0.2) is 0 Å². The lowest BCUT2D eigenvalue weighted by Gasteiger charge is -2.36. The molecule has 0 aromatic heterocycles. The summed E-state index contributed by atoms with van der Waals surface area (Å²) in [7, 11) is 0. The van der Waals surface area contributed by atoms with Crippen molar-refractivity contribution in [2.75, 3.05) is 19.7 Å². The fourth-order valence-corrected chi connectivity index (χ4v) is 2.51. The van der Waals surface area contributed by atoms with Crippen molar-refractivity contribution in [3.8, 4) is 0 Å². The van der Waals surface area contributed by atoms with Crippen LogP contribution in [0.25, 0.3) is 0 Å². The minimum Gasteiger partial charge on any atom is -0.395 e. The van der Waals surface area contributed by atoms with Gasteiger partial charge in [0.05, 0.1) is 6.61 Å². The van der Waals surface area contributed by atoms with Crippen molar-refractivity contribution in [1.29, 1.82) is 0 Å². The number of hydrogen-bond acceptors (Lipinski definition) is 3. The third-order valence-electron chi connectivity index (χ3n) is 3.88. The van der Waals surface area contributed by atoms with E-state index in [2.05, 4.69) is 46.4 Å². The van der Waals surface area contributed by atoms with Gasteiger partial charge in [-0.15, -0.1) is 0 Å². The van der Waals surface area contributed by atoms with E-state index in [-0.39, 0.29) is 18.7 Å². The first-order valence-corrected chi connectivity index (χ1v) is 8.38. The number of aliphatic hydroxyl groups excluding tert-OH is 1. The van der Waals surface area contributed by atoms with Crippen molar-refractivity contribution < 1.29 is 5.11 Å². The molecule has 3 N–H and O–H groups in total. The Kier molecular flexibility index (Phi) is 10.5. The average Bonchev–Trinajstić information content (AvgIpc) is 2.31. The predicted octanol–water partition coefficient (Wildman–Crippen LogP) is 3.11. The Morgan fingerprint density at radius 3 is 1.60 bits per heavy atom. The molecule has 20 heavy (non-hydrogen) atoms. The monoisotopic (exact) mass is 286 g/mol. The minimum atomic E-state index is 0.0688. The number of nitrogens with zero attached hydrogens (tertiary/aromatic N) is 1. The highest BCUT2D eigenvalue weighted by Gasteiger charge is 2.24. The molecule has 2 unspecified atom stereocenters. The van der Waals surface area contributed by atoms with E-state index in [0.29, 0.717) is 17.8 Å². The topological polar surface area (TPSA) is 49.5 Å². The molecule has 0 aromatic carbocycles. The van der Waals surface area contributed by atoms with Crippen LogP contribution in [0.3, 0.4) is 0 Å². The van der Waals surface area contributed by atoms with Gasteiger partial charge in [-0.05, 0) is 50.1 Å². The van der Waals surface area contributed by atoms with E-state index in [1.165, 1.54) is 12.8 Å². The van der Waals surface area contributed by atoms with E-state index in [0.717, 1.165) is 19.5 Å². The summed E-state index contributed by atoms with van der Waals surface area (Å²) < 4.78 is 0. The van der Waals surface area contributed by atoms with Crippen molar-refractivity contribution in [3.63, 3.8) is 0 Å². The molecule has 3 heteroatoms. The normalized spacial score (nSPS) is 15.6. The van der Waals surface area contributed by atoms with Crippen molar-refractivity contribution >= 4 is 0 Å². The maximum absolute atomic E-state index is 9.79. The van der Waals surface area contributed by atoms with Crippen molar-refractivity contribution in [2.45, 2.75) is 72.9 Å². The molecule has 0 amide bonds. The Morgan fingerprint density at radius 1 is 0.850 bits per heavy atom. The molecule has 0 radical (unpaired) electrons. The molecule has 0 aliphatic rings. The van der Waals surface area contributed by atoms with Crippen LogP contribution >= 0.6 is 0 Å². The van der Waals surface area contributed by atoms with Crippen LogP contribution in [-0.4, -0.2) is 41.8 Å². The molecule has 0 spiro atoms. The van der Waals surface area contributed by atoms with Crippen LogP contribution in [-0.2, 0) is 0 Å². The summed E-state index contributed by atoms with van der Waals surface area (Å²) in [6.45, 7) is 15.7. The molecule has 0 rings (SSSR count). The summed E-state index contributed by atoms with van der Waals surface area (Å²) in [6, 6.07) is 0.175. The van der Waals surface area contributed by atoms with Crippen LogP contribution < -0.4 is 5.73 Å². The van der Waals surface area contributed by atoms with E-state index < -0.39 is 0 Å². The second kappa shape index (κ2) is 10.6. The molecule has 0 heterocycles. The zero-order chi connectivity index (χ0) is 15.7. The lowest BCUT2D eigenvalue weighted by Crippen LogP contribution is -2.51. The van der Waals surface area contributed by atoms with Gasteiger partial charge in [0, 0.05) is 12.1 Å². The number of hydrogen-bond donors (Lipinski definition) is 2. The number of aliphatic hydroxyl groups is 1. The second-order valence-electron chi connectivity index (χ2n) is 7.44. The lowest BCUT2D eigenvalue weighted by atomic mass is 9.96. The van der Waals surface area contributed by atoms with Crippen LogP contribution in [0.5, 0.6) is 0 Å². The summed E-state index contributed by atoms with van der Waals surface area (Å²) >= 11 is 0. The first-order valence-electron chi connectivity index (χ1n) is 8.38. The molecule has 0 aliphatic heterocycles.